The summed E-state index contributed by atoms with van der Waals surface area (Å²) in [6.45, 7) is 0. The van der Waals surface area contributed by atoms with Gasteiger partial charge in [0.1, 0.15) is 11.6 Å². The van der Waals surface area contributed by atoms with E-state index in [1.54, 1.807) is 0 Å². The van der Waals surface area contributed by atoms with Crippen LogP contribution in [-0.2, 0) is 5.54 Å². The molecule has 0 amide bonds. The molecule has 1 fully saturated rings. The van der Waals surface area contributed by atoms with Crippen molar-refractivity contribution in [3.8, 4) is 0 Å². The maximum atomic E-state index is 13.1. The molecule has 0 bridgehead atoms. The molecule has 1 aromatic rings. The van der Waals surface area contributed by atoms with Crippen LogP contribution >= 0.6 is 11.8 Å². The zero-order chi connectivity index (χ0) is 10.9. The van der Waals surface area contributed by atoms with Crippen LogP contribution in [0.5, 0.6) is 0 Å². The first kappa shape index (κ1) is 10.9. The highest BCUT2D eigenvalue weighted by Crippen LogP contribution is 2.34. The van der Waals surface area contributed by atoms with Crippen LogP contribution in [0.1, 0.15) is 18.4 Å². The molecule has 82 valence electrons. The fourth-order valence-electron chi connectivity index (χ4n) is 1.87. The first-order valence-electron chi connectivity index (χ1n) is 4.93. The molecule has 1 nitrogen and oxygen atoms in total. The van der Waals surface area contributed by atoms with Gasteiger partial charge in [0.25, 0.3) is 0 Å². The minimum absolute atomic E-state index is 0.547. The van der Waals surface area contributed by atoms with Crippen molar-refractivity contribution in [3.63, 3.8) is 0 Å². The zero-order valence-corrected chi connectivity index (χ0v) is 9.12. The fourth-order valence-corrected chi connectivity index (χ4v) is 3.09. The average Bonchev–Trinajstić information content (AvgIpc) is 2.17. The molecule has 1 aromatic carbocycles. The number of halogens is 2. The lowest BCUT2D eigenvalue weighted by atomic mass is 9.85. The average molecular weight is 229 g/mol. The smallest absolute Gasteiger partial charge is 0.126 e. The van der Waals surface area contributed by atoms with Crippen LogP contribution in [0.25, 0.3) is 0 Å². The fraction of sp³-hybridized carbons (Fsp3) is 0.455. The van der Waals surface area contributed by atoms with Crippen LogP contribution in [0.15, 0.2) is 18.2 Å². The van der Waals surface area contributed by atoms with Gasteiger partial charge < -0.3 is 5.73 Å². The van der Waals surface area contributed by atoms with Gasteiger partial charge in [0.15, 0.2) is 0 Å². The molecule has 0 aromatic heterocycles. The van der Waals surface area contributed by atoms with Gasteiger partial charge in [0, 0.05) is 11.6 Å². The quantitative estimate of drug-likeness (QED) is 0.801. The van der Waals surface area contributed by atoms with Crippen molar-refractivity contribution in [2.24, 2.45) is 5.73 Å². The normalized spacial score (nSPS) is 20.2. The monoisotopic (exact) mass is 229 g/mol. The Morgan fingerprint density at radius 2 is 1.60 bits per heavy atom. The topological polar surface area (TPSA) is 26.0 Å². The van der Waals surface area contributed by atoms with E-state index in [1.807, 2.05) is 11.8 Å². The molecular weight excluding hydrogens is 216 g/mol. The lowest BCUT2D eigenvalue weighted by molar-refractivity contribution is 0.405. The molecule has 1 aliphatic rings. The Morgan fingerprint density at radius 3 is 2.13 bits per heavy atom. The Balaban J connectivity index is 2.34. The van der Waals surface area contributed by atoms with E-state index >= 15 is 0 Å². The van der Waals surface area contributed by atoms with Crippen molar-refractivity contribution < 1.29 is 8.78 Å². The van der Waals surface area contributed by atoms with E-state index < -0.39 is 17.2 Å². The van der Waals surface area contributed by atoms with Gasteiger partial charge >= 0.3 is 0 Å². The Bertz CT molecular complexity index is 341. The standard InChI is InChI=1S/C11H13F2NS/c12-9-5-8(6-10(13)7-9)11(14)1-3-15-4-2-11/h5-7H,1-4,14H2. The summed E-state index contributed by atoms with van der Waals surface area (Å²) in [4.78, 5) is 0. The number of nitrogens with two attached hydrogens (primary N) is 1. The van der Waals surface area contributed by atoms with Gasteiger partial charge in [-0.1, -0.05) is 0 Å². The predicted octanol–water partition coefficient (Wildman–Crippen LogP) is 2.65. The first-order valence-corrected chi connectivity index (χ1v) is 6.09. The summed E-state index contributed by atoms with van der Waals surface area (Å²) in [6, 6.07) is 3.57. The van der Waals surface area contributed by atoms with Gasteiger partial charge in [-0.05, 0) is 42.0 Å². The largest absolute Gasteiger partial charge is 0.321 e. The molecule has 0 saturated carbocycles. The number of thioether (sulfide) groups is 1. The molecule has 1 saturated heterocycles. The van der Waals surface area contributed by atoms with Gasteiger partial charge in [0.05, 0.1) is 0 Å². The minimum Gasteiger partial charge on any atom is -0.321 e. The molecule has 0 spiro atoms. The number of rotatable bonds is 1. The second kappa shape index (κ2) is 4.10. The highest BCUT2D eigenvalue weighted by Gasteiger charge is 2.30. The third kappa shape index (κ3) is 2.32. The summed E-state index contributed by atoms with van der Waals surface area (Å²) in [5.74, 6) is 0.810. The summed E-state index contributed by atoms with van der Waals surface area (Å²) < 4.78 is 26.1. The Labute approximate surface area is 92.0 Å². The third-order valence-electron chi connectivity index (χ3n) is 2.82. The van der Waals surface area contributed by atoms with E-state index in [0.29, 0.717) is 5.56 Å². The molecule has 1 heterocycles. The van der Waals surface area contributed by atoms with Crippen LogP contribution < -0.4 is 5.73 Å². The van der Waals surface area contributed by atoms with E-state index in [0.717, 1.165) is 30.4 Å². The lowest BCUT2D eigenvalue weighted by Gasteiger charge is -2.33. The predicted molar refractivity (Wildman–Crippen MR) is 58.8 cm³/mol. The molecule has 0 atom stereocenters. The van der Waals surface area contributed by atoms with E-state index in [9.17, 15) is 8.78 Å². The highest BCUT2D eigenvalue weighted by atomic mass is 32.2. The summed E-state index contributed by atoms with van der Waals surface area (Å²) in [6.07, 6.45) is 1.56. The van der Waals surface area contributed by atoms with Crippen molar-refractivity contribution in [2.45, 2.75) is 18.4 Å². The molecular formula is C11H13F2NS. The Kier molecular flexibility index (Phi) is 2.98. The van der Waals surface area contributed by atoms with Gasteiger partial charge in [-0.25, -0.2) is 8.78 Å². The summed E-state index contributed by atoms with van der Waals surface area (Å²) in [7, 11) is 0. The minimum atomic E-state index is -0.548. The maximum absolute atomic E-state index is 13.1. The first-order chi connectivity index (χ1) is 7.10. The van der Waals surface area contributed by atoms with E-state index in [2.05, 4.69) is 0 Å². The summed E-state index contributed by atoms with van der Waals surface area (Å²) in [5, 5.41) is 0. The number of hydrogen-bond donors (Lipinski definition) is 1. The van der Waals surface area contributed by atoms with Crippen LogP contribution in [0.2, 0.25) is 0 Å². The number of hydrogen-bond acceptors (Lipinski definition) is 2. The van der Waals surface area contributed by atoms with Gasteiger partial charge in [-0.2, -0.15) is 11.8 Å². The van der Waals surface area contributed by atoms with Crippen molar-refractivity contribution >= 4 is 11.8 Å². The van der Waals surface area contributed by atoms with Crippen molar-refractivity contribution in [1.29, 1.82) is 0 Å². The molecule has 0 aliphatic carbocycles. The molecule has 1 aliphatic heterocycles. The molecule has 2 rings (SSSR count). The van der Waals surface area contributed by atoms with Crippen LogP contribution in [0.3, 0.4) is 0 Å². The number of benzene rings is 1. The molecule has 2 N–H and O–H groups in total. The Hall–Kier alpha value is -0.610. The third-order valence-corrected chi connectivity index (χ3v) is 3.81. The van der Waals surface area contributed by atoms with Crippen LogP contribution in [-0.4, -0.2) is 11.5 Å². The zero-order valence-electron chi connectivity index (χ0n) is 8.30. The van der Waals surface area contributed by atoms with E-state index in [-0.39, 0.29) is 0 Å². The molecule has 15 heavy (non-hydrogen) atoms. The van der Waals surface area contributed by atoms with Gasteiger partial charge in [-0.15, -0.1) is 0 Å². The van der Waals surface area contributed by atoms with Crippen molar-refractivity contribution in [1.82, 2.24) is 0 Å². The summed E-state index contributed by atoms with van der Waals surface area (Å²) >= 11 is 1.83. The van der Waals surface area contributed by atoms with Crippen LogP contribution in [0.4, 0.5) is 8.78 Å². The van der Waals surface area contributed by atoms with Crippen molar-refractivity contribution in [3.05, 3.63) is 35.4 Å². The molecule has 0 unspecified atom stereocenters. The van der Waals surface area contributed by atoms with Crippen molar-refractivity contribution in [2.75, 3.05) is 11.5 Å². The Morgan fingerprint density at radius 1 is 1.07 bits per heavy atom. The van der Waals surface area contributed by atoms with E-state index in [4.69, 9.17) is 5.73 Å². The highest BCUT2D eigenvalue weighted by molar-refractivity contribution is 7.99. The van der Waals surface area contributed by atoms with Crippen LogP contribution in [0, 0.1) is 11.6 Å². The lowest BCUT2D eigenvalue weighted by Crippen LogP contribution is -2.40. The second-order valence-electron chi connectivity index (χ2n) is 3.93. The molecule has 4 heteroatoms. The van der Waals surface area contributed by atoms with E-state index in [1.165, 1.54) is 12.1 Å². The van der Waals surface area contributed by atoms with Gasteiger partial charge in [-0.3, -0.25) is 0 Å². The van der Waals surface area contributed by atoms with Gasteiger partial charge in [0.2, 0.25) is 0 Å². The maximum Gasteiger partial charge on any atom is 0.126 e. The SMILES string of the molecule is NC1(c2cc(F)cc(F)c2)CCSCC1. The summed E-state index contributed by atoms with van der Waals surface area (Å²) in [5.41, 5.74) is 6.21. The second-order valence-corrected chi connectivity index (χ2v) is 5.15. The molecule has 0 radical (unpaired) electrons.